The highest BCUT2D eigenvalue weighted by Gasteiger charge is 2.15. The smallest absolute Gasteiger partial charge is 0.244 e. The van der Waals surface area contributed by atoms with Crippen molar-refractivity contribution in [1.29, 1.82) is 0 Å². The first kappa shape index (κ1) is 16.9. The number of fused-ring (bicyclic) bond motifs is 1. The second kappa shape index (κ2) is 7.79. The van der Waals surface area contributed by atoms with E-state index in [1.807, 2.05) is 78.9 Å². The number of nitrogens with one attached hydrogen (secondary N) is 1. The van der Waals surface area contributed by atoms with E-state index in [0.29, 0.717) is 5.75 Å². The fraction of sp³-hybridized carbons (Fsp3) is 0.0870. The molecule has 3 aromatic carbocycles. The van der Waals surface area contributed by atoms with Crippen LogP contribution in [0.1, 0.15) is 22.7 Å². The highest BCUT2D eigenvalue weighted by atomic mass is 16.7. The highest BCUT2D eigenvalue weighted by molar-refractivity contribution is 5.92. The molecular formula is C23H19NO3. The quantitative estimate of drug-likeness (QED) is 0.691. The molecular weight excluding hydrogens is 338 g/mol. The van der Waals surface area contributed by atoms with E-state index in [1.165, 1.54) is 6.08 Å². The molecule has 134 valence electrons. The number of hydrogen-bond acceptors (Lipinski definition) is 3. The molecule has 1 aliphatic rings. The SMILES string of the molecule is O=C(/C=C/c1ccc2c(c1)OCO2)NC(c1ccccc1)c1ccccc1. The lowest BCUT2D eigenvalue weighted by Crippen LogP contribution is -2.27. The molecule has 4 nitrogen and oxygen atoms in total. The summed E-state index contributed by atoms with van der Waals surface area (Å²) in [6, 6.07) is 25.3. The summed E-state index contributed by atoms with van der Waals surface area (Å²) >= 11 is 0. The number of ether oxygens (including phenoxy) is 2. The average molecular weight is 357 g/mol. The number of carbonyl (C=O) groups is 1. The lowest BCUT2D eigenvalue weighted by atomic mass is 9.98. The van der Waals surface area contributed by atoms with Crippen LogP contribution in [0.3, 0.4) is 0 Å². The van der Waals surface area contributed by atoms with Crippen LogP contribution in [0.4, 0.5) is 0 Å². The van der Waals surface area contributed by atoms with Crippen LogP contribution in [-0.4, -0.2) is 12.7 Å². The Labute approximate surface area is 158 Å². The molecule has 3 aromatic rings. The molecule has 4 rings (SSSR count). The van der Waals surface area contributed by atoms with Crippen molar-refractivity contribution in [3.05, 3.63) is 102 Å². The van der Waals surface area contributed by atoms with E-state index in [-0.39, 0.29) is 18.7 Å². The Morgan fingerprint density at radius 3 is 2.15 bits per heavy atom. The molecule has 0 fully saturated rings. The zero-order chi connectivity index (χ0) is 18.5. The van der Waals surface area contributed by atoms with E-state index >= 15 is 0 Å². The molecule has 1 N–H and O–H groups in total. The fourth-order valence-electron chi connectivity index (χ4n) is 3.03. The van der Waals surface area contributed by atoms with Gasteiger partial charge in [0.2, 0.25) is 12.7 Å². The van der Waals surface area contributed by atoms with Gasteiger partial charge in [0.25, 0.3) is 0 Å². The molecule has 1 aliphatic heterocycles. The van der Waals surface area contributed by atoms with Crippen LogP contribution in [-0.2, 0) is 4.79 Å². The number of rotatable bonds is 5. The second-order valence-electron chi connectivity index (χ2n) is 6.21. The van der Waals surface area contributed by atoms with E-state index in [1.54, 1.807) is 6.08 Å². The summed E-state index contributed by atoms with van der Waals surface area (Å²) in [5.74, 6) is 1.26. The minimum absolute atomic E-state index is 0.162. The maximum absolute atomic E-state index is 12.6. The van der Waals surface area contributed by atoms with Gasteiger partial charge in [-0.2, -0.15) is 0 Å². The van der Waals surface area contributed by atoms with E-state index < -0.39 is 0 Å². The van der Waals surface area contributed by atoms with Gasteiger partial charge in [-0.1, -0.05) is 66.7 Å². The monoisotopic (exact) mass is 357 g/mol. The van der Waals surface area contributed by atoms with Gasteiger partial charge in [-0.3, -0.25) is 4.79 Å². The van der Waals surface area contributed by atoms with Gasteiger partial charge in [-0.05, 0) is 34.9 Å². The number of carbonyl (C=O) groups excluding carboxylic acids is 1. The molecule has 0 radical (unpaired) electrons. The lowest BCUT2D eigenvalue weighted by molar-refractivity contribution is -0.116. The molecule has 0 aromatic heterocycles. The topological polar surface area (TPSA) is 47.6 Å². The Hall–Kier alpha value is -3.53. The Kier molecular flexibility index (Phi) is 4.88. The van der Waals surface area contributed by atoms with Gasteiger partial charge in [0.05, 0.1) is 6.04 Å². The van der Waals surface area contributed by atoms with Crippen LogP contribution in [0.15, 0.2) is 84.9 Å². The van der Waals surface area contributed by atoms with E-state index in [0.717, 1.165) is 22.4 Å². The highest BCUT2D eigenvalue weighted by Crippen LogP contribution is 2.32. The molecule has 0 saturated carbocycles. The molecule has 1 heterocycles. The third kappa shape index (κ3) is 4.01. The lowest BCUT2D eigenvalue weighted by Gasteiger charge is -2.19. The van der Waals surface area contributed by atoms with Crippen LogP contribution >= 0.6 is 0 Å². The van der Waals surface area contributed by atoms with Gasteiger partial charge in [0.1, 0.15) is 0 Å². The normalized spacial score (nSPS) is 12.5. The summed E-state index contributed by atoms with van der Waals surface area (Å²) in [5.41, 5.74) is 2.95. The predicted molar refractivity (Wildman–Crippen MR) is 104 cm³/mol. The first-order valence-corrected chi connectivity index (χ1v) is 8.78. The molecule has 4 heteroatoms. The molecule has 0 bridgehead atoms. The van der Waals surface area contributed by atoms with E-state index in [2.05, 4.69) is 5.32 Å². The average Bonchev–Trinajstić information content (AvgIpc) is 3.20. The van der Waals surface area contributed by atoms with Crippen molar-refractivity contribution in [2.75, 3.05) is 6.79 Å². The van der Waals surface area contributed by atoms with Crippen LogP contribution in [0, 0.1) is 0 Å². The summed E-state index contributed by atoms with van der Waals surface area (Å²) in [6.45, 7) is 0.235. The van der Waals surface area contributed by atoms with Crippen molar-refractivity contribution in [2.45, 2.75) is 6.04 Å². The minimum atomic E-state index is -0.207. The van der Waals surface area contributed by atoms with Crippen molar-refractivity contribution in [2.24, 2.45) is 0 Å². The minimum Gasteiger partial charge on any atom is -0.454 e. The molecule has 0 atom stereocenters. The first-order chi connectivity index (χ1) is 13.3. The maximum Gasteiger partial charge on any atom is 0.244 e. The summed E-state index contributed by atoms with van der Waals surface area (Å²) < 4.78 is 10.7. The van der Waals surface area contributed by atoms with Crippen LogP contribution in [0.5, 0.6) is 11.5 Å². The van der Waals surface area contributed by atoms with Crippen LogP contribution in [0.2, 0.25) is 0 Å². The Balaban J connectivity index is 1.52. The third-order valence-electron chi connectivity index (χ3n) is 4.38. The molecule has 0 aliphatic carbocycles. The van der Waals surface area contributed by atoms with E-state index in [9.17, 15) is 4.79 Å². The Morgan fingerprint density at radius 2 is 1.48 bits per heavy atom. The van der Waals surface area contributed by atoms with Gasteiger partial charge in [-0.15, -0.1) is 0 Å². The van der Waals surface area contributed by atoms with Crippen molar-refractivity contribution < 1.29 is 14.3 Å². The standard InChI is InChI=1S/C23H19NO3/c25-22(14-12-17-11-13-20-21(15-17)27-16-26-20)24-23(18-7-3-1-4-8-18)19-9-5-2-6-10-19/h1-15,23H,16H2,(H,24,25)/b14-12+. The third-order valence-corrected chi connectivity index (χ3v) is 4.38. The van der Waals surface area contributed by atoms with Crippen molar-refractivity contribution in [1.82, 2.24) is 5.32 Å². The number of amides is 1. The summed E-state index contributed by atoms with van der Waals surface area (Å²) in [6.07, 6.45) is 3.31. The Bertz CT molecular complexity index is 912. The van der Waals surface area contributed by atoms with Crippen LogP contribution in [0.25, 0.3) is 6.08 Å². The van der Waals surface area contributed by atoms with Gasteiger partial charge >= 0.3 is 0 Å². The van der Waals surface area contributed by atoms with Crippen molar-refractivity contribution in [3.8, 4) is 11.5 Å². The molecule has 1 amide bonds. The second-order valence-corrected chi connectivity index (χ2v) is 6.21. The van der Waals surface area contributed by atoms with Crippen molar-refractivity contribution >= 4 is 12.0 Å². The zero-order valence-electron chi connectivity index (χ0n) is 14.7. The molecule has 27 heavy (non-hydrogen) atoms. The summed E-state index contributed by atoms with van der Waals surface area (Å²) in [5, 5.41) is 3.09. The van der Waals surface area contributed by atoms with Gasteiger partial charge in [0, 0.05) is 6.08 Å². The van der Waals surface area contributed by atoms with Gasteiger partial charge in [-0.25, -0.2) is 0 Å². The number of benzene rings is 3. The van der Waals surface area contributed by atoms with Crippen LogP contribution < -0.4 is 14.8 Å². The van der Waals surface area contributed by atoms with Gasteiger partial charge in [0.15, 0.2) is 11.5 Å². The van der Waals surface area contributed by atoms with Gasteiger partial charge < -0.3 is 14.8 Å². The maximum atomic E-state index is 12.6. The predicted octanol–water partition coefficient (Wildman–Crippen LogP) is 4.33. The molecule has 0 saturated heterocycles. The summed E-state index contributed by atoms with van der Waals surface area (Å²) in [4.78, 5) is 12.6. The van der Waals surface area contributed by atoms with Crippen molar-refractivity contribution in [3.63, 3.8) is 0 Å². The largest absolute Gasteiger partial charge is 0.454 e. The zero-order valence-corrected chi connectivity index (χ0v) is 14.7. The number of hydrogen-bond donors (Lipinski definition) is 1. The van der Waals surface area contributed by atoms with E-state index in [4.69, 9.17) is 9.47 Å². The molecule has 0 spiro atoms. The molecule has 0 unspecified atom stereocenters. The Morgan fingerprint density at radius 1 is 0.852 bits per heavy atom. The first-order valence-electron chi connectivity index (χ1n) is 8.78. The summed E-state index contributed by atoms with van der Waals surface area (Å²) in [7, 11) is 0. The fourth-order valence-corrected chi connectivity index (χ4v) is 3.03.